The number of hydrogen-bond acceptors (Lipinski definition) is 3. The second-order valence-corrected chi connectivity index (χ2v) is 6.14. The lowest BCUT2D eigenvalue weighted by Gasteiger charge is -2.26. The van der Waals surface area contributed by atoms with Gasteiger partial charge in [0, 0.05) is 13.1 Å². The highest BCUT2D eigenvalue weighted by Gasteiger charge is 2.19. The summed E-state index contributed by atoms with van der Waals surface area (Å²) in [6.07, 6.45) is 8.30. The summed E-state index contributed by atoms with van der Waals surface area (Å²) < 4.78 is 11.8. The van der Waals surface area contributed by atoms with Gasteiger partial charge in [-0.05, 0) is 30.4 Å². The Kier molecular flexibility index (Phi) is 5.67. The van der Waals surface area contributed by atoms with Gasteiger partial charge >= 0.3 is 0 Å². The zero-order valence-corrected chi connectivity index (χ0v) is 12.9. The summed E-state index contributed by atoms with van der Waals surface area (Å²) in [7, 11) is 0. The van der Waals surface area contributed by atoms with E-state index in [1.807, 2.05) is 0 Å². The first kappa shape index (κ1) is 15.0. The van der Waals surface area contributed by atoms with Crippen LogP contribution in [0.4, 0.5) is 0 Å². The van der Waals surface area contributed by atoms with Gasteiger partial charge in [0.15, 0.2) is 0 Å². The Labute approximate surface area is 128 Å². The lowest BCUT2D eigenvalue weighted by atomic mass is 9.97. The van der Waals surface area contributed by atoms with Crippen LogP contribution in [0.5, 0.6) is 0 Å². The van der Waals surface area contributed by atoms with Gasteiger partial charge in [0.2, 0.25) is 0 Å². The van der Waals surface area contributed by atoms with Crippen LogP contribution >= 0.6 is 0 Å². The van der Waals surface area contributed by atoms with Crippen LogP contribution in [0.1, 0.15) is 49.3 Å². The number of benzene rings is 1. The smallest absolute Gasteiger partial charge is 0.0952 e. The molecule has 1 atom stereocenters. The molecule has 1 N–H and O–H groups in total. The van der Waals surface area contributed by atoms with Gasteiger partial charge in [-0.15, -0.1) is 0 Å². The average molecular weight is 289 g/mol. The Morgan fingerprint density at radius 3 is 2.90 bits per heavy atom. The number of fused-ring (bicyclic) bond motifs is 1. The van der Waals surface area contributed by atoms with Crippen molar-refractivity contribution in [2.45, 2.75) is 50.7 Å². The first-order valence-corrected chi connectivity index (χ1v) is 8.45. The van der Waals surface area contributed by atoms with E-state index in [-0.39, 0.29) is 6.10 Å². The summed E-state index contributed by atoms with van der Waals surface area (Å²) in [5, 5.41) is 3.49. The van der Waals surface area contributed by atoms with Gasteiger partial charge in [0.25, 0.3) is 0 Å². The molecule has 3 rings (SSSR count). The van der Waals surface area contributed by atoms with E-state index in [0.29, 0.717) is 6.10 Å². The SMILES string of the molecule is c1ccc2c(c1)CCOC2CNCCOC1CCCCC1. The predicted octanol–water partition coefficient (Wildman–Crippen LogP) is 3.24. The van der Waals surface area contributed by atoms with E-state index >= 15 is 0 Å². The maximum Gasteiger partial charge on any atom is 0.0952 e. The molecule has 1 aromatic rings. The Morgan fingerprint density at radius 2 is 2.00 bits per heavy atom. The summed E-state index contributed by atoms with van der Waals surface area (Å²) in [6, 6.07) is 8.63. The van der Waals surface area contributed by atoms with Crippen molar-refractivity contribution >= 4 is 0 Å². The normalized spacial score (nSPS) is 23.0. The highest BCUT2D eigenvalue weighted by Crippen LogP contribution is 2.26. The topological polar surface area (TPSA) is 30.5 Å². The minimum atomic E-state index is 0.199. The van der Waals surface area contributed by atoms with Gasteiger partial charge in [0.05, 0.1) is 25.4 Å². The van der Waals surface area contributed by atoms with Gasteiger partial charge in [-0.2, -0.15) is 0 Å². The van der Waals surface area contributed by atoms with Crippen molar-refractivity contribution in [3.8, 4) is 0 Å². The van der Waals surface area contributed by atoms with Crippen molar-refractivity contribution in [3.63, 3.8) is 0 Å². The van der Waals surface area contributed by atoms with Gasteiger partial charge in [0.1, 0.15) is 0 Å². The minimum Gasteiger partial charge on any atom is -0.377 e. The van der Waals surface area contributed by atoms with Gasteiger partial charge in [-0.1, -0.05) is 43.5 Å². The van der Waals surface area contributed by atoms with Crippen molar-refractivity contribution in [2.24, 2.45) is 0 Å². The van der Waals surface area contributed by atoms with Crippen molar-refractivity contribution < 1.29 is 9.47 Å². The number of nitrogens with one attached hydrogen (secondary N) is 1. The molecule has 0 amide bonds. The first-order chi connectivity index (χ1) is 10.4. The second kappa shape index (κ2) is 7.92. The fraction of sp³-hybridized carbons (Fsp3) is 0.667. The molecule has 1 aliphatic heterocycles. The number of hydrogen-bond donors (Lipinski definition) is 1. The fourth-order valence-electron chi connectivity index (χ4n) is 3.41. The Hall–Kier alpha value is -0.900. The molecule has 3 nitrogen and oxygen atoms in total. The molecule has 0 aromatic heterocycles. The van der Waals surface area contributed by atoms with Crippen LogP contribution in [0.3, 0.4) is 0 Å². The standard InChI is InChI=1S/C18H27NO2/c1-2-7-16(8-3-1)20-13-11-19-14-18-17-9-5-4-6-15(17)10-12-21-18/h4-6,9,16,18-19H,1-3,7-8,10-14H2. The molecule has 1 fully saturated rings. The molecule has 1 aliphatic carbocycles. The molecule has 1 heterocycles. The molecule has 1 saturated carbocycles. The van der Waals surface area contributed by atoms with Crippen LogP contribution in [-0.4, -0.2) is 32.4 Å². The number of ether oxygens (including phenoxy) is 2. The van der Waals surface area contributed by atoms with E-state index in [1.54, 1.807) is 0 Å². The monoisotopic (exact) mass is 289 g/mol. The quantitative estimate of drug-likeness (QED) is 0.816. The predicted molar refractivity (Wildman–Crippen MR) is 84.5 cm³/mol. The zero-order chi connectivity index (χ0) is 14.3. The Balaban J connectivity index is 1.36. The molecular formula is C18H27NO2. The van der Waals surface area contributed by atoms with Crippen LogP contribution in [0.25, 0.3) is 0 Å². The highest BCUT2D eigenvalue weighted by atomic mass is 16.5. The van der Waals surface area contributed by atoms with Gasteiger partial charge in [-0.3, -0.25) is 0 Å². The Morgan fingerprint density at radius 1 is 1.14 bits per heavy atom. The molecular weight excluding hydrogens is 262 g/mol. The molecule has 2 aliphatic rings. The van der Waals surface area contributed by atoms with E-state index in [1.165, 1.54) is 43.2 Å². The van der Waals surface area contributed by atoms with Crippen LogP contribution in [0.15, 0.2) is 24.3 Å². The summed E-state index contributed by atoms with van der Waals surface area (Å²) in [5.41, 5.74) is 2.79. The van der Waals surface area contributed by atoms with Crippen molar-refractivity contribution in [2.75, 3.05) is 26.3 Å². The minimum absolute atomic E-state index is 0.199. The molecule has 3 heteroatoms. The average Bonchev–Trinajstić information content (AvgIpc) is 2.56. The van der Waals surface area contributed by atoms with Crippen molar-refractivity contribution in [1.29, 1.82) is 0 Å². The molecule has 0 bridgehead atoms. The number of rotatable bonds is 6. The summed E-state index contributed by atoms with van der Waals surface area (Å²) >= 11 is 0. The van der Waals surface area contributed by atoms with Crippen molar-refractivity contribution in [1.82, 2.24) is 5.32 Å². The van der Waals surface area contributed by atoms with E-state index in [9.17, 15) is 0 Å². The third kappa shape index (κ3) is 4.29. The molecule has 0 radical (unpaired) electrons. The summed E-state index contributed by atoms with van der Waals surface area (Å²) in [6.45, 7) is 3.45. The van der Waals surface area contributed by atoms with Crippen LogP contribution in [0.2, 0.25) is 0 Å². The second-order valence-electron chi connectivity index (χ2n) is 6.14. The maximum atomic E-state index is 5.94. The van der Waals surface area contributed by atoms with Crippen molar-refractivity contribution in [3.05, 3.63) is 35.4 Å². The molecule has 1 unspecified atom stereocenters. The summed E-state index contributed by atoms with van der Waals surface area (Å²) in [5.74, 6) is 0. The van der Waals surface area contributed by atoms with E-state index in [2.05, 4.69) is 29.6 Å². The van der Waals surface area contributed by atoms with Gasteiger partial charge in [-0.25, -0.2) is 0 Å². The van der Waals surface area contributed by atoms with E-state index in [4.69, 9.17) is 9.47 Å². The maximum absolute atomic E-state index is 5.94. The molecule has 0 spiro atoms. The molecule has 116 valence electrons. The van der Waals surface area contributed by atoms with E-state index in [0.717, 1.165) is 32.7 Å². The van der Waals surface area contributed by atoms with Crippen LogP contribution < -0.4 is 5.32 Å². The lowest BCUT2D eigenvalue weighted by Crippen LogP contribution is -2.30. The fourth-order valence-corrected chi connectivity index (χ4v) is 3.41. The molecule has 21 heavy (non-hydrogen) atoms. The Bertz CT molecular complexity index is 429. The van der Waals surface area contributed by atoms with Crippen LogP contribution in [0, 0.1) is 0 Å². The van der Waals surface area contributed by atoms with Crippen LogP contribution in [-0.2, 0) is 15.9 Å². The van der Waals surface area contributed by atoms with E-state index < -0.39 is 0 Å². The highest BCUT2D eigenvalue weighted by molar-refractivity contribution is 5.31. The summed E-state index contributed by atoms with van der Waals surface area (Å²) in [4.78, 5) is 0. The first-order valence-electron chi connectivity index (χ1n) is 8.45. The lowest BCUT2D eigenvalue weighted by molar-refractivity contribution is 0.0225. The molecule has 1 aromatic carbocycles. The zero-order valence-electron chi connectivity index (χ0n) is 12.9. The largest absolute Gasteiger partial charge is 0.377 e. The molecule has 0 saturated heterocycles. The third-order valence-electron chi connectivity index (χ3n) is 4.61. The van der Waals surface area contributed by atoms with Gasteiger partial charge < -0.3 is 14.8 Å². The third-order valence-corrected chi connectivity index (χ3v) is 4.61.